The lowest BCUT2D eigenvalue weighted by molar-refractivity contribution is -0.116. The van der Waals surface area contributed by atoms with E-state index in [1.807, 2.05) is 43.3 Å². The van der Waals surface area contributed by atoms with Crippen molar-refractivity contribution in [1.29, 1.82) is 0 Å². The number of rotatable bonds is 7. The normalized spacial score (nSPS) is 11.6. The van der Waals surface area contributed by atoms with Gasteiger partial charge in [-0.2, -0.15) is 4.31 Å². The molecule has 174 valence electrons. The first-order valence-electron chi connectivity index (χ1n) is 10.5. The van der Waals surface area contributed by atoms with Gasteiger partial charge in [-0.1, -0.05) is 83.4 Å². The van der Waals surface area contributed by atoms with E-state index in [9.17, 15) is 13.2 Å². The second-order valence-corrected chi connectivity index (χ2v) is 10.7. The number of hydrogen-bond acceptors (Lipinski definition) is 3. The van der Waals surface area contributed by atoms with E-state index < -0.39 is 22.5 Å². The average Bonchev–Trinajstić information content (AvgIpc) is 2.81. The minimum Gasteiger partial charge on any atom is -0.324 e. The summed E-state index contributed by atoms with van der Waals surface area (Å²) in [6, 6.07) is 24.6. The Morgan fingerprint density at radius 3 is 2.35 bits per heavy atom. The number of benzene rings is 4. The highest BCUT2D eigenvalue weighted by Gasteiger charge is 2.28. The molecule has 0 radical (unpaired) electrons. The molecule has 0 saturated carbocycles. The predicted molar refractivity (Wildman–Crippen MR) is 138 cm³/mol. The van der Waals surface area contributed by atoms with Crippen molar-refractivity contribution in [1.82, 2.24) is 4.31 Å². The van der Waals surface area contributed by atoms with Crippen molar-refractivity contribution in [3.63, 3.8) is 0 Å². The molecule has 1 amide bonds. The molecule has 0 aromatic heterocycles. The van der Waals surface area contributed by atoms with Crippen LogP contribution in [0.5, 0.6) is 0 Å². The topological polar surface area (TPSA) is 66.5 Å². The van der Waals surface area contributed by atoms with Crippen LogP contribution in [0.15, 0.2) is 89.8 Å². The maximum absolute atomic E-state index is 13.5. The summed E-state index contributed by atoms with van der Waals surface area (Å²) < 4.78 is 28.1. The molecule has 0 heterocycles. The Kier molecular flexibility index (Phi) is 7.24. The number of nitrogens with zero attached hydrogens (tertiary/aromatic N) is 1. The highest BCUT2D eigenvalue weighted by atomic mass is 35.5. The van der Waals surface area contributed by atoms with Crippen LogP contribution in [0.3, 0.4) is 0 Å². The molecule has 0 atom stereocenters. The number of nitrogens with one attached hydrogen (secondary N) is 1. The molecule has 8 heteroatoms. The first kappa shape index (κ1) is 24.2. The molecule has 0 bridgehead atoms. The van der Waals surface area contributed by atoms with Crippen LogP contribution in [0.2, 0.25) is 10.0 Å². The quantitative estimate of drug-likeness (QED) is 0.316. The Labute approximate surface area is 209 Å². The summed E-state index contributed by atoms with van der Waals surface area (Å²) >= 11 is 12.3. The van der Waals surface area contributed by atoms with E-state index in [0.717, 1.165) is 20.6 Å². The first-order valence-corrected chi connectivity index (χ1v) is 12.7. The summed E-state index contributed by atoms with van der Waals surface area (Å²) in [7, 11) is -3.99. The van der Waals surface area contributed by atoms with Crippen molar-refractivity contribution < 1.29 is 13.2 Å². The van der Waals surface area contributed by atoms with Crippen molar-refractivity contribution in [2.75, 3.05) is 11.9 Å². The third kappa shape index (κ3) is 5.42. The Morgan fingerprint density at radius 1 is 0.912 bits per heavy atom. The molecule has 34 heavy (non-hydrogen) atoms. The fourth-order valence-corrected chi connectivity index (χ4v) is 5.45. The molecule has 4 aromatic rings. The summed E-state index contributed by atoms with van der Waals surface area (Å²) in [5.41, 5.74) is 2.08. The van der Waals surface area contributed by atoms with Gasteiger partial charge in [-0.3, -0.25) is 4.79 Å². The fraction of sp³-hybridized carbons (Fsp3) is 0.115. The lowest BCUT2D eigenvalue weighted by Crippen LogP contribution is -2.37. The molecule has 0 unspecified atom stereocenters. The Balaban J connectivity index is 1.65. The smallest absolute Gasteiger partial charge is 0.243 e. The standard InChI is InChI=1S/C26H22Cl2N2O3S/c1-18-9-13-22(14-10-18)34(32,33)30(16-20-11-12-21(27)15-24(20)28)17-26(31)29-25-8-4-6-19-5-2-3-7-23(19)25/h2-15H,16-17H2,1H3,(H,29,31). The number of aryl methyl sites for hydroxylation is 1. The fourth-order valence-electron chi connectivity index (χ4n) is 3.61. The number of sulfonamides is 1. The number of carbonyl (C=O) groups is 1. The van der Waals surface area contributed by atoms with Crippen molar-refractivity contribution in [3.8, 4) is 0 Å². The largest absolute Gasteiger partial charge is 0.324 e. The second-order valence-electron chi connectivity index (χ2n) is 7.90. The van der Waals surface area contributed by atoms with Crippen molar-refractivity contribution >= 4 is 55.6 Å². The van der Waals surface area contributed by atoms with Gasteiger partial charge >= 0.3 is 0 Å². The predicted octanol–water partition coefficient (Wildman–Crippen LogP) is 6.28. The van der Waals surface area contributed by atoms with Crippen LogP contribution in [0.4, 0.5) is 5.69 Å². The molecule has 0 aliphatic carbocycles. The van der Waals surface area contributed by atoms with Crippen LogP contribution in [0.1, 0.15) is 11.1 Å². The van der Waals surface area contributed by atoms with E-state index >= 15 is 0 Å². The van der Waals surface area contributed by atoms with Crippen LogP contribution >= 0.6 is 23.2 Å². The van der Waals surface area contributed by atoms with Gasteiger partial charge in [0.05, 0.1) is 11.4 Å². The van der Waals surface area contributed by atoms with E-state index in [1.165, 1.54) is 12.1 Å². The van der Waals surface area contributed by atoms with E-state index in [-0.39, 0.29) is 11.4 Å². The lowest BCUT2D eigenvalue weighted by atomic mass is 10.1. The van der Waals surface area contributed by atoms with Gasteiger partial charge in [0.15, 0.2) is 0 Å². The summed E-state index contributed by atoms with van der Waals surface area (Å²) in [6.45, 7) is 1.40. The van der Waals surface area contributed by atoms with Crippen LogP contribution < -0.4 is 5.32 Å². The molecule has 0 spiro atoms. The molecular formula is C26H22Cl2N2O3S. The second kappa shape index (κ2) is 10.2. The summed E-state index contributed by atoms with van der Waals surface area (Å²) in [5, 5.41) is 5.46. The molecule has 0 aliphatic rings. The van der Waals surface area contributed by atoms with Gasteiger partial charge in [0.2, 0.25) is 15.9 Å². The lowest BCUT2D eigenvalue weighted by Gasteiger charge is -2.23. The van der Waals surface area contributed by atoms with E-state index in [0.29, 0.717) is 21.3 Å². The maximum atomic E-state index is 13.5. The van der Waals surface area contributed by atoms with Crippen molar-refractivity contribution in [3.05, 3.63) is 106 Å². The number of halogens is 2. The molecule has 5 nitrogen and oxygen atoms in total. The highest BCUT2D eigenvalue weighted by molar-refractivity contribution is 7.89. The molecule has 0 aliphatic heterocycles. The number of amides is 1. The zero-order valence-electron chi connectivity index (χ0n) is 18.3. The monoisotopic (exact) mass is 512 g/mol. The van der Waals surface area contributed by atoms with Gasteiger partial charge in [-0.25, -0.2) is 8.42 Å². The van der Waals surface area contributed by atoms with Crippen molar-refractivity contribution in [2.45, 2.75) is 18.4 Å². The SMILES string of the molecule is Cc1ccc(S(=O)(=O)N(CC(=O)Nc2cccc3ccccc23)Cc2ccc(Cl)cc2Cl)cc1. The van der Waals surface area contributed by atoms with Gasteiger partial charge < -0.3 is 5.32 Å². The Hall–Kier alpha value is -2.90. The zero-order valence-corrected chi connectivity index (χ0v) is 20.7. The number of carbonyl (C=O) groups excluding carboxylic acids is 1. The molecule has 1 N–H and O–H groups in total. The third-order valence-electron chi connectivity index (χ3n) is 5.40. The molecular weight excluding hydrogens is 491 g/mol. The van der Waals surface area contributed by atoms with Crippen molar-refractivity contribution in [2.24, 2.45) is 0 Å². The summed E-state index contributed by atoms with van der Waals surface area (Å²) in [4.78, 5) is 13.2. The maximum Gasteiger partial charge on any atom is 0.243 e. The van der Waals surface area contributed by atoms with E-state index in [2.05, 4.69) is 5.32 Å². The number of anilines is 1. The van der Waals surface area contributed by atoms with Gasteiger partial charge in [0.1, 0.15) is 0 Å². The first-order chi connectivity index (χ1) is 16.2. The molecule has 0 saturated heterocycles. The van der Waals surface area contributed by atoms with Gasteiger partial charge in [-0.15, -0.1) is 0 Å². The van der Waals surface area contributed by atoms with Crippen LogP contribution in [-0.2, 0) is 21.4 Å². The summed E-state index contributed by atoms with van der Waals surface area (Å²) in [5.74, 6) is -0.461. The Morgan fingerprint density at radius 2 is 1.62 bits per heavy atom. The van der Waals surface area contributed by atoms with Crippen LogP contribution in [0, 0.1) is 6.92 Å². The highest BCUT2D eigenvalue weighted by Crippen LogP contribution is 2.26. The van der Waals surface area contributed by atoms with E-state index in [1.54, 1.807) is 36.4 Å². The number of hydrogen-bond donors (Lipinski definition) is 1. The minimum atomic E-state index is -3.99. The van der Waals surface area contributed by atoms with Gasteiger partial charge in [-0.05, 0) is 48.2 Å². The molecule has 0 fully saturated rings. The average molecular weight is 513 g/mol. The molecule has 4 rings (SSSR count). The zero-order chi connectivity index (χ0) is 24.3. The Bertz CT molecular complexity index is 1450. The minimum absolute atomic E-state index is 0.0881. The van der Waals surface area contributed by atoms with Gasteiger partial charge in [0.25, 0.3) is 0 Å². The van der Waals surface area contributed by atoms with E-state index in [4.69, 9.17) is 23.2 Å². The van der Waals surface area contributed by atoms with Crippen LogP contribution in [-0.4, -0.2) is 25.2 Å². The summed E-state index contributed by atoms with van der Waals surface area (Å²) in [6.07, 6.45) is 0. The van der Waals surface area contributed by atoms with Gasteiger partial charge in [0, 0.05) is 27.7 Å². The molecule has 4 aromatic carbocycles. The van der Waals surface area contributed by atoms with Crippen LogP contribution in [0.25, 0.3) is 10.8 Å². The number of fused-ring (bicyclic) bond motifs is 1. The third-order valence-corrected chi connectivity index (χ3v) is 7.80.